The zero-order chi connectivity index (χ0) is 12.4. The van der Waals surface area contributed by atoms with E-state index in [1.807, 2.05) is 6.08 Å². The molecule has 0 bridgehead atoms. The van der Waals surface area contributed by atoms with Crippen LogP contribution in [0.2, 0.25) is 0 Å². The Kier molecular flexibility index (Phi) is 2.89. The van der Waals surface area contributed by atoms with Gasteiger partial charge in [-0.1, -0.05) is 54.6 Å². The summed E-state index contributed by atoms with van der Waals surface area (Å²) in [4.78, 5) is 2.44. The molecular weight excluding hydrogens is 218 g/mol. The zero-order valence-corrected chi connectivity index (χ0v) is 10.4. The van der Waals surface area contributed by atoms with Gasteiger partial charge in [0, 0.05) is 12.2 Å². The lowest BCUT2D eigenvalue weighted by molar-refractivity contribution is 0.754. The largest absolute Gasteiger partial charge is 0.360 e. The van der Waals surface area contributed by atoms with Gasteiger partial charge in [-0.15, -0.1) is 6.58 Å². The molecule has 1 aliphatic heterocycles. The van der Waals surface area contributed by atoms with Crippen molar-refractivity contribution in [3.63, 3.8) is 0 Å². The van der Waals surface area contributed by atoms with E-state index in [0.29, 0.717) is 0 Å². The van der Waals surface area contributed by atoms with E-state index in [0.717, 1.165) is 13.0 Å². The molecule has 90 valence electrons. The van der Waals surface area contributed by atoms with Crippen LogP contribution in [0.4, 0.5) is 5.69 Å². The van der Waals surface area contributed by atoms with E-state index in [9.17, 15) is 0 Å². The molecule has 0 aliphatic carbocycles. The summed E-state index contributed by atoms with van der Waals surface area (Å²) in [5.74, 6) is 0. The van der Waals surface area contributed by atoms with E-state index in [4.69, 9.17) is 0 Å². The number of nitrogens with zero attached hydrogens (tertiary/aromatic N) is 1. The summed E-state index contributed by atoms with van der Waals surface area (Å²) in [5.41, 5.74) is 4.11. The van der Waals surface area contributed by atoms with Crippen molar-refractivity contribution in [2.24, 2.45) is 0 Å². The Morgan fingerprint density at radius 3 is 2.50 bits per heavy atom. The lowest BCUT2D eigenvalue weighted by Gasteiger charge is -2.28. The van der Waals surface area contributed by atoms with Crippen LogP contribution in [0.25, 0.3) is 0 Å². The molecular formula is C17H17N. The van der Waals surface area contributed by atoms with Crippen molar-refractivity contribution in [2.75, 3.05) is 11.4 Å². The summed E-state index contributed by atoms with van der Waals surface area (Å²) in [5, 5.41) is 0. The van der Waals surface area contributed by atoms with Crippen LogP contribution in [0.5, 0.6) is 0 Å². The molecule has 1 heteroatoms. The number of rotatable bonds is 3. The minimum Gasteiger partial charge on any atom is -0.360 e. The predicted molar refractivity (Wildman–Crippen MR) is 76.9 cm³/mol. The second-order valence-electron chi connectivity index (χ2n) is 4.66. The molecule has 0 fully saturated rings. The molecule has 0 N–H and O–H groups in total. The summed E-state index contributed by atoms with van der Waals surface area (Å²) in [6, 6.07) is 19.5. The Balaban J connectivity index is 1.98. The van der Waals surface area contributed by atoms with Crippen molar-refractivity contribution < 1.29 is 0 Å². The molecule has 1 nitrogen and oxygen atoms in total. The number of anilines is 1. The van der Waals surface area contributed by atoms with Gasteiger partial charge < -0.3 is 4.90 Å². The number of fused-ring (bicyclic) bond motifs is 1. The molecule has 2 aromatic rings. The second-order valence-corrected chi connectivity index (χ2v) is 4.66. The molecule has 0 saturated carbocycles. The summed E-state index contributed by atoms with van der Waals surface area (Å²) < 4.78 is 0. The van der Waals surface area contributed by atoms with Gasteiger partial charge in [0.2, 0.25) is 0 Å². The van der Waals surface area contributed by atoms with Crippen molar-refractivity contribution in [1.29, 1.82) is 0 Å². The second kappa shape index (κ2) is 4.69. The van der Waals surface area contributed by atoms with Crippen LogP contribution in [0.1, 0.15) is 17.2 Å². The van der Waals surface area contributed by atoms with Crippen molar-refractivity contribution in [3.05, 3.63) is 78.4 Å². The smallest absolute Gasteiger partial charge is 0.0724 e. The van der Waals surface area contributed by atoms with E-state index in [2.05, 4.69) is 66.1 Å². The Labute approximate surface area is 108 Å². The van der Waals surface area contributed by atoms with Gasteiger partial charge in [-0.05, 0) is 23.6 Å². The fraction of sp³-hybridized carbons (Fsp3) is 0.176. The highest BCUT2D eigenvalue weighted by Gasteiger charge is 2.24. The van der Waals surface area contributed by atoms with Crippen LogP contribution in [0.15, 0.2) is 67.3 Å². The third-order valence-corrected chi connectivity index (χ3v) is 3.62. The molecule has 1 aliphatic rings. The topological polar surface area (TPSA) is 3.24 Å². The van der Waals surface area contributed by atoms with Crippen molar-refractivity contribution in [1.82, 2.24) is 0 Å². The van der Waals surface area contributed by atoms with Gasteiger partial charge >= 0.3 is 0 Å². The molecule has 2 aromatic carbocycles. The Morgan fingerprint density at radius 2 is 1.72 bits per heavy atom. The minimum atomic E-state index is 0.273. The monoisotopic (exact) mass is 235 g/mol. The van der Waals surface area contributed by atoms with Gasteiger partial charge in [-0.3, -0.25) is 0 Å². The Morgan fingerprint density at radius 1 is 1.00 bits per heavy atom. The molecule has 0 spiro atoms. The fourth-order valence-corrected chi connectivity index (χ4v) is 2.75. The lowest BCUT2D eigenvalue weighted by Crippen LogP contribution is -2.25. The standard InChI is InChI=1S/C17H17N/c1-2-16(14-8-4-3-5-9-14)18-13-12-15-10-6-7-11-17(15)18/h2-11,16H,1,12-13H2/t16-/m0/s1. The average molecular weight is 235 g/mol. The van der Waals surface area contributed by atoms with Crippen LogP contribution >= 0.6 is 0 Å². The third-order valence-electron chi connectivity index (χ3n) is 3.62. The summed E-state index contributed by atoms with van der Waals surface area (Å²) in [6.07, 6.45) is 3.17. The zero-order valence-electron chi connectivity index (χ0n) is 10.4. The summed E-state index contributed by atoms with van der Waals surface area (Å²) in [7, 11) is 0. The molecule has 0 aromatic heterocycles. The van der Waals surface area contributed by atoms with Crippen LogP contribution in [0, 0.1) is 0 Å². The first-order valence-corrected chi connectivity index (χ1v) is 6.42. The first kappa shape index (κ1) is 11.1. The van der Waals surface area contributed by atoms with Gasteiger partial charge in [0.25, 0.3) is 0 Å². The number of para-hydroxylation sites is 1. The highest BCUT2D eigenvalue weighted by molar-refractivity contribution is 5.60. The van der Waals surface area contributed by atoms with E-state index in [1.165, 1.54) is 16.8 Å². The molecule has 18 heavy (non-hydrogen) atoms. The van der Waals surface area contributed by atoms with Crippen LogP contribution in [-0.2, 0) is 6.42 Å². The highest BCUT2D eigenvalue weighted by atomic mass is 15.2. The highest BCUT2D eigenvalue weighted by Crippen LogP contribution is 2.35. The molecule has 1 heterocycles. The van der Waals surface area contributed by atoms with Crippen molar-refractivity contribution in [3.8, 4) is 0 Å². The summed E-state index contributed by atoms with van der Waals surface area (Å²) in [6.45, 7) is 5.09. The first-order chi connectivity index (χ1) is 8.90. The molecule has 3 rings (SSSR count). The normalized spacial score (nSPS) is 15.2. The van der Waals surface area contributed by atoms with E-state index in [1.54, 1.807) is 0 Å². The maximum atomic E-state index is 4.01. The SMILES string of the molecule is C=C[C@@H](c1ccccc1)N1CCc2ccccc21. The summed E-state index contributed by atoms with van der Waals surface area (Å²) >= 11 is 0. The van der Waals surface area contributed by atoms with E-state index in [-0.39, 0.29) is 6.04 Å². The van der Waals surface area contributed by atoms with E-state index >= 15 is 0 Å². The van der Waals surface area contributed by atoms with Gasteiger partial charge in [-0.2, -0.15) is 0 Å². The van der Waals surface area contributed by atoms with Gasteiger partial charge in [0.15, 0.2) is 0 Å². The third kappa shape index (κ3) is 1.82. The Hall–Kier alpha value is -2.02. The van der Waals surface area contributed by atoms with Crippen molar-refractivity contribution in [2.45, 2.75) is 12.5 Å². The van der Waals surface area contributed by atoms with E-state index < -0.39 is 0 Å². The van der Waals surface area contributed by atoms with Gasteiger partial charge in [-0.25, -0.2) is 0 Å². The molecule has 0 radical (unpaired) electrons. The first-order valence-electron chi connectivity index (χ1n) is 6.42. The average Bonchev–Trinajstić information content (AvgIpc) is 2.85. The predicted octanol–water partition coefficient (Wildman–Crippen LogP) is 3.98. The lowest BCUT2D eigenvalue weighted by atomic mass is 10.1. The molecule has 0 saturated heterocycles. The maximum Gasteiger partial charge on any atom is 0.0724 e. The van der Waals surface area contributed by atoms with Crippen LogP contribution in [0.3, 0.4) is 0 Å². The number of benzene rings is 2. The quantitative estimate of drug-likeness (QED) is 0.727. The molecule has 1 atom stereocenters. The maximum absolute atomic E-state index is 4.01. The minimum absolute atomic E-state index is 0.273. The van der Waals surface area contributed by atoms with Crippen molar-refractivity contribution >= 4 is 5.69 Å². The number of hydrogen-bond donors (Lipinski definition) is 0. The van der Waals surface area contributed by atoms with Crippen LogP contribution in [-0.4, -0.2) is 6.54 Å². The van der Waals surface area contributed by atoms with Gasteiger partial charge in [0.05, 0.1) is 6.04 Å². The fourth-order valence-electron chi connectivity index (χ4n) is 2.75. The van der Waals surface area contributed by atoms with Crippen LogP contribution < -0.4 is 4.90 Å². The molecule has 0 unspecified atom stereocenters. The Bertz CT molecular complexity index is 545. The number of hydrogen-bond acceptors (Lipinski definition) is 1. The molecule has 0 amide bonds. The van der Waals surface area contributed by atoms with Gasteiger partial charge in [0.1, 0.15) is 0 Å².